The summed E-state index contributed by atoms with van der Waals surface area (Å²) in [6.07, 6.45) is 2.91. The maximum atomic E-state index is 11.8. The van der Waals surface area contributed by atoms with E-state index in [-0.39, 0.29) is 16.5 Å². The van der Waals surface area contributed by atoms with Crippen molar-refractivity contribution in [2.75, 3.05) is 7.11 Å². The summed E-state index contributed by atoms with van der Waals surface area (Å²) in [4.78, 5) is 15.6. The maximum absolute atomic E-state index is 11.8. The number of hydrogen-bond acceptors (Lipinski definition) is 5. The van der Waals surface area contributed by atoms with E-state index in [0.29, 0.717) is 11.3 Å². The third-order valence-corrected chi connectivity index (χ3v) is 2.89. The zero-order chi connectivity index (χ0) is 15.2. The monoisotopic (exact) mass is 305 g/mol. The molecule has 0 saturated heterocycles. The number of carbonyl (C=O) groups excluding carboxylic acids is 1. The first kappa shape index (κ1) is 14.8. The molecular formula is C14H12ClN3O3. The van der Waals surface area contributed by atoms with Crippen LogP contribution in [0.4, 0.5) is 0 Å². The number of phenolic OH excluding ortho intramolecular Hbond substituents is 1. The summed E-state index contributed by atoms with van der Waals surface area (Å²) in [7, 11) is 1.45. The molecule has 21 heavy (non-hydrogen) atoms. The number of nitrogens with zero attached hydrogens (tertiary/aromatic N) is 2. The molecule has 1 aromatic carbocycles. The summed E-state index contributed by atoms with van der Waals surface area (Å²) in [6, 6.07) is 7.84. The fourth-order valence-electron chi connectivity index (χ4n) is 1.56. The van der Waals surface area contributed by atoms with Crippen LogP contribution in [0, 0.1) is 0 Å². The average molecular weight is 306 g/mol. The Bertz CT molecular complexity index is 689. The van der Waals surface area contributed by atoms with E-state index < -0.39 is 5.91 Å². The standard InChI is InChI=1S/C14H12ClN3O3/c1-21-12-7-9(4-5-11(12)19)8-17-18-14(20)10-3-2-6-16-13(10)15/h2-8,19H,1H3,(H,18,20)/b17-8+. The van der Waals surface area contributed by atoms with Crippen LogP contribution in [0.3, 0.4) is 0 Å². The predicted molar refractivity (Wildman–Crippen MR) is 79.0 cm³/mol. The van der Waals surface area contributed by atoms with Crippen molar-refractivity contribution >= 4 is 23.7 Å². The minimum absolute atomic E-state index is 0.0285. The van der Waals surface area contributed by atoms with Gasteiger partial charge in [-0.1, -0.05) is 11.6 Å². The third-order valence-electron chi connectivity index (χ3n) is 2.59. The molecule has 0 atom stereocenters. The maximum Gasteiger partial charge on any atom is 0.274 e. The molecule has 0 fully saturated rings. The van der Waals surface area contributed by atoms with Gasteiger partial charge in [-0.05, 0) is 35.9 Å². The minimum atomic E-state index is -0.463. The predicted octanol–water partition coefficient (Wildman–Crippen LogP) is 2.21. The van der Waals surface area contributed by atoms with E-state index in [1.807, 2.05) is 0 Å². The van der Waals surface area contributed by atoms with Gasteiger partial charge in [0.1, 0.15) is 5.15 Å². The molecule has 6 nitrogen and oxygen atoms in total. The highest BCUT2D eigenvalue weighted by Gasteiger charge is 2.09. The van der Waals surface area contributed by atoms with Gasteiger partial charge in [-0.2, -0.15) is 5.10 Å². The molecule has 108 valence electrons. The third kappa shape index (κ3) is 3.70. The van der Waals surface area contributed by atoms with Crippen LogP contribution in [0.5, 0.6) is 11.5 Å². The largest absolute Gasteiger partial charge is 0.504 e. The van der Waals surface area contributed by atoms with Gasteiger partial charge >= 0.3 is 0 Å². The molecule has 0 radical (unpaired) electrons. The van der Waals surface area contributed by atoms with Crippen molar-refractivity contribution in [2.24, 2.45) is 5.10 Å². The number of methoxy groups -OCH3 is 1. The summed E-state index contributed by atoms with van der Waals surface area (Å²) in [6.45, 7) is 0. The molecule has 2 aromatic rings. The molecule has 7 heteroatoms. The number of phenols is 1. The van der Waals surface area contributed by atoms with Gasteiger partial charge < -0.3 is 9.84 Å². The van der Waals surface area contributed by atoms with Crippen molar-refractivity contribution in [3.05, 3.63) is 52.8 Å². The van der Waals surface area contributed by atoms with Crippen LogP contribution in [-0.2, 0) is 0 Å². The number of pyridine rings is 1. The first-order valence-electron chi connectivity index (χ1n) is 5.92. The van der Waals surface area contributed by atoms with Gasteiger partial charge in [-0.3, -0.25) is 4.79 Å². The molecule has 0 unspecified atom stereocenters. The molecule has 0 saturated carbocycles. The number of benzene rings is 1. The molecule has 0 aliphatic carbocycles. The Kier molecular flexibility index (Phi) is 4.73. The smallest absolute Gasteiger partial charge is 0.274 e. The van der Waals surface area contributed by atoms with Crippen molar-refractivity contribution in [3.8, 4) is 11.5 Å². The van der Waals surface area contributed by atoms with E-state index in [1.54, 1.807) is 24.3 Å². The van der Waals surface area contributed by atoms with Gasteiger partial charge in [-0.15, -0.1) is 0 Å². The lowest BCUT2D eigenvalue weighted by Gasteiger charge is -2.04. The molecule has 2 rings (SSSR count). The summed E-state index contributed by atoms with van der Waals surface area (Å²) in [5.41, 5.74) is 3.23. The fourth-order valence-corrected chi connectivity index (χ4v) is 1.76. The molecule has 0 bridgehead atoms. The van der Waals surface area contributed by atoms with Gasteiger partial charge in [0.15, 0.2) is 11.5 Å². The second-order valence-corrected chi connectivity index (χ2v) is 4.33. The van der Waals surface area contributed by atoms with Gasteiger partial charge in [0.05, 0.1) is 18.9 Å². The quantitative estimate of drug-likeness (QED) is 0.515. The van der Waals surface area contributed by atoms with Crippen molar-refractivity contribution in [2.45, 2.75) is 0 Å². The first-order chi connectivity index (χ1) is 10.1. The summed E-state index contributed by atoms with van der Waals surface area (Å²) >= 11 is 5.80. The molecule has 1 aromatic heterocycles. The van der Waals surface area contributed by atoms with E-state index in [9.17, 15) is 9.90 Å². The fraction of sp³-hybridized carbons (Fsp3) is 0.0714. The van der Waals surface area contributed by atoms with Crippen molar-refractivity contribution < 1.29 is 14.6 Å². The van der Waals surface area contributed by atoms with Crippen LogP contribution >= 0.6 is 11.6 Å². The molecule has 2 N–H and O–H groups in total. The van der Waals surface area contributed by atoms with Gasteiger partial charge in [0.2, 0.25) is 0 Å². The number of rotatable bonds is 4. The molecule has 0 aliphatic heterocycles. The van der Waals surface area contributed by atoms with Crippen molar-refractivity contribution in [1.29, 1.82) is 0 Å². The number of aromatic nitrogens is 1. The summed E-state index contributed by atoms with van der Waals surface area (Å²) in [5, 5.41) is 13.4. The normalized spacial score (nSPS) is 10.6. The number of hydrogen-bond donors (Lipinski definition) is 2. The second-order valence-electron chi connectivity index (χ2n) is 3.97. The van der Waals surface area contributed by atoms with Crippen LogP contribution in [0.2, 0.25) is 5.15 Å². The zero-order valence-electron chi connectivity index (χ0n) is 11.1. The van der Waals surface area contributed by atoms with Gasteiger partial charge in [-0.25, -0.2) is 10.4 Å². The molecule has 1 heterocycles. The highest BCUT2D eigenvalue weighted by molar-refractivity contribution is 6.32. The molecule has 0 spiro atoms. The Balaban J connectivity index is 2.06. The SMILES string of the molecule is COc1cc(/C=N/NC(=O)c2cccnc2Cl)ccc1O. The average Bonchev–Trinajstić information content (AvgIpc) is 2.49. The molecule has 0 aliphatic rings. The Morgan fingerprint density at radius 3 is 3.00 bits per heavy atom. The van der Waals surface area contributed by atoms with E-state index in [1.165, 1.54) is 25.6 Å². The Hall–Kier alpha value is -2.60. The zero-order valence-corrected chi connectivity index (χ0v) is 11.8. The van der Waals surface area contributed by atoms with Crippen molar-refractivity contribution in [1.82, 2.24) is 10.4 Å². The number of halogens is 1. The van der Waals surface area contributed by atoms with E-state index in [4.69, 9.17) is 16.3 Å². The lowest BCUT2D eigenvalue weighted by molar-refractivity contribution is 0.0955. The highest BCUT2D eigenvalue weighted by atomic mass is 35.5. The van der Waals surface area contributed by atoms with Crippen molar-refractivity contribution in [3.63, 3.8) is 0 Å². The highest BCUT2D eigenvalue weighted by Crippen LogP contribution is 2.25. The number of aromatic hydroxyl groups is 1. The van der Waals surface area contributed by atoms with Gasteiger partial charge in [0.25, 0.3) is 5.91 Å². The first-order valence-corrected chi connectivity index (χ1v) is 6.30. The lowest BCUT2D eigenvalue weighted by Crippen LogP contribution is -2.18. The number of nitrogens with one attached hydrogen (secondary N) is 1. The van der Waals surface area contributed by atoms with E-state index >= 15 is 0 Å². The Labute approximate surface area is 126 Å². The van der Waals surface area contributed by atoms with Crippen LogP contribution < -0.4 is 10.2 Å². The number of ether oxygens (including phenoxy) is 1. The van der Waals surface area contributed by atoms with E-state index in [2.05, 4.69) is 15.5 Å². The summed E-state index contributed by atoms with van der Waals surface area (Å²) < 4.78 is 4.97. The molecular weight excluding hydrogens is 294 g/mol. The number of carbonyl (C=O) groups is 1. The van der Waals surface area contributed by atoms with Crippen LogP contribution in [0.25, 0.3) is 0 Å². The van der Waals surface area contributed by atoms with Crippen LogP contribution in [-0.4, -0.2) is 29.3 Å². The van der Waals surface area contributed by atoms with Gasteiger partial charge in [0, 0.05) is 6.20 Å². The Morgan fingerprint density at radius 1 is 1.48 bits per heavy atom. The minimum Gasteiger partial charge on any atom is -0.504 e. The Morgan fingerprint density at radius 2 is 2.29 bits per heavy atom. The van der Waals surface area contributed by atoms with E-state index in [0.717, 1.165) is 0 Å². The number of amides is 1. The lowest BCUT2D eigenvalue weighted by atomic mass is 10.2. The number of hydrazone groups is 1. The summed E-state index contributed by atoms with van der Waals surface area (Å²) in [5.74, 6) is -0.114. The van der Waals surface area contributed by atoms with Crippen LogP contribution in [0.1, 0.15) is 15.9 Å². The topological polar surface area (TPSA) is 83.8 Å². The molecule has 1 amide bonds. The second kappa shape index (κ2) is 6.71. The van der Waals surface area contributed by atoms with Crippen LogP contribution in [0.15, 0.2) is 41.6 Å².